The van der Waals surface area contributed by atoms with E-state index in [2.05, 4.69) is 6.92 Å². The van der Waals surface area contributed by atoms with E-state index < -0.39 is 0 Å². The lowest BCUT2D eigenvalue weighted by Crippen LogP contribution is -1.97. The van der Waals surface area contributed by atoms with Gasteiger partial charge in [0.1, 0.15) is 29.4 Å². The van der Waals surface area contributed by atoms with Crippen LogP contribution in [0.25, 0.3) is 22.3 Å². The van der Waals surface area contributed by atoms with Gasteiger partial charge in [-0.3, -0.25) is 0 Å². The quantitative estimate of drug-likeness (QED) is 0.377. The van der Waals surface area contributed by atoms with Gasteiger partial charge in [-0.2, -0.15) is 0 Å². The Bertz CT molecular complexity index is 777. The molecule has 0 bridgehead atoms. The molecule has 0 radical (unpaired) electrons. The Morgan fingerprint density at radius 2 is 1.67 bits per heavy atom. The van der Waals surface area contributed by atoms with Crippen LogP contribution in [-0.4, -0.2) is 19.1 Å². The van der Waals surface area contributed by atoms with Crippen molar-refractivity contribution in [2.24, 2.45) is 0 Å². The minimum absolute atomic E-state index is 0.480. The molecule has 4 heteroatoms. The highest BCUT2D eigenvalue weighted by Gasteiger charge is 2.08. The smallest absolute Gasteiger partial charge is 0.135 e. The molecule has 0 N–H and O–H groups in total. The van der Waals surface area contributed by atoms with Crippen LogP contribution in [0.2, 0.25) is 0 Å². The third kappa shape index (κ3) is 4.04. The van der Waals surface area contributed by atoms with Gasteiger partial charge in [0.15, 0.2) is 0 Å². The highest BCUT2D eigenvalue weighted by atomic mass is 35.5. The summed E-state index contributed by atoms with van der Waals surface area (Å²) in [4.78, 5) is 0. The molecule has 3 aromatic rings. The molecule has 2 aromatic carbocycles. The molecule has 3 nitrogen and oxygen atoms in total. The molecule has 126 valence electrons. The lowest BCUT2D eigenvalue weighted by Gasteiger charge is -2.04. The van der Waals surface area contributed by atoms with Crippen LogP contribution in [0.15, 0.2) is 52.9 Å². The van der Waals surface area contributed by atoms with Crippen molar-refractivity contribution in [1.29, 1.82) is 0 Å². The van der Waals surface area contributed by atoms with Gasteiger partial charge in [0.2, 0.25) is 0 Å². The summed E-state index contributed by atoms with van der Waals surface area (Å²) in [5.74, 6) is 3.00. The van der Waals surface area contributed by atoms with E-state index in [4.69, 9.17) is 25.5 Å². The summed E-state index contributed by atoms with van der Waals surface area (Å²) in [5.41, 5.74) is 1.87. The van der Waals surface area contributed by atoms with E-state index in [9.17, 15) is 0 Å². The maximum Gasteiger partial charge on any atom is 0.135 e. The van der Waals surface area contributed by atoms with Crippen LogP contribution in [0.5, 0.6) is 11.5 Å². The fourth-order valence-electron chi connectivity index (χ4n) is 2.46. The van der Waals surface area contributed by atoms with Crippen LogP contribution in [0.4, 0.5) is 0 Å². The monoisotopic (exact) mass is 344 g/mol. The minimum atomic E-state index is 0.480. The first kappa shape index (κ1) is 16.7. The van der Waals surface area contributed by atoms with Crippen molar-refractivity contribution in [1.82, 2.24) is 0 Å². The molecule has 0 atom stereocenters. The van der Waals surface area contributed by atoms with E-state index in [1.807, 2.05) is 48.5 Å². The predicted octanol–water partition coefficient (Wildman–Crippen LogP) is 5.90. The number of rotatable bonds is 8. The first-order chi connectivity index (χ1) is 11.8. The average molecular weight is 345 g/mol. The number of halogens is 1. The van der Waals surface area contributed by atoms with Gasteiger partial charge < -0.3 is 13.9 Å². The Balaban J connectivity index is 1.77. The molecule has 0 unspecified atom stereocenters. The van der Waals surface area contributed by atoms with E-state index in [0.29, 0.717) is 12.5 Å². The highest BCUT2D eigenvalue weighted by molar-refractivity contribution is 6.18. The van der Waals surface area contributed by atoms with Gasteiger partial charge in [-0.15, -0.1) is 11.6 Å². The Kier molecular flexibility index (Phi) is 5.65. The summed E-state index contributed by atoms with van der Waals surface area (Å²) < 4.78 is 17.2. The third-order valence-electron chi connectivity index (χ3n) is 3.74. The van der Waals surface area contributed by atoms with Gasteiger partial charge in [0, 0.05) is 10.9 Å². The second-order valence-electron chi connectivity index (χ2n) is 5.57. The molecular formula is C20H21ClO3. The van der Waals surface area contributed by atoms with Gasteiger partial charge in [0.05, 0.1) is 12.5 Å². The van der Waals surface area contributed by atoms with Gasteiger partial charge in [-0.1, -0.05) is 13.3 Å². The molecular weight excluding hydrogens is 324 g/mol. The number of alkyl halides is 1. The number of furan rings is 1. The van der Waals surface area contributed by atoms with E-state index in [-0.39, 0.29) is 0 Å². The fourth-order valence-corrected chi connectivity index (χ4v) is 2.54. The predicted molar refractivity (Wildman–Crippen MR) is 98.3 cm³/mol. The van der Waals surface area contributed by atoms with E-state index >= 15 is 0 Å². The van der Waals surface area contributed by atoms with Crippen molar-refractivity contribution in [2.75, 3.05) is 19.1 Å². The molecule has 0 saturated carbocycles. The number of hydrogen-bond donors (Lipinski definition) is 0. The van der Waals surface area contributed by atoms with E-state index in [0.717, 1.165) is 53.2 Å². The van der Waals surface area contributed by atoms with Crippen molar-refractivity contribution < 1.29 is 13.9 Å². The second kappa shape index (κ2) is 8.11. The maximum absolute atomic E-state index is 5.94. The zero-order chi connectivity index (χ0) is 16.8. The minimum Gasteiger partial charge on any atom is -0.494 e. The summed E-state index contributed by atoms with van der Waals surface area (Å²) >= 11 is 5.63. The first-order valence-electron chi connectivity index (χ1n) is 8.25. The SMILES string of the molecule is CCCCOc1ccc2oc(-c3ccc(OCCCl)cc3)cc2c1. The standard InChI is InChI=1S/C20H21ClO3/c1-2-3-11-22-18-8-9-19-16(13-18)14-20(24-19)15-4-6-17(7-5-15)23-12-10-21/h4-9,13-14H,2-3,10-12H2,1H3. The van der Waals surface area contributed by atoms with Crippen molar-refractivity contribution in [3.63, 3.8) is 0 Å². The summed E-state index contributed by atoms with van der Waals surface area (Å²) in [6.07, 6.45) is 2.19. The summed E-state index contributed by atoms with van der Waals surface area (Å²) in [6, 6.07) is 15.8. The van der Waals surface area contributed by atoms with Crippen molar-refractivity contribution in [2.45, 2.75) is 19.8 Å². The number of fused-ring (bicyclic) bond motifs is 1. The van der Waals surface area contributed by atoms with Crippen molar-refractivity contribution in [3.05, 3.63) is 48.5 Å². The third-order valence-corrected chi connectivity index (χ3v) is 3.89. The summed E-state index contributed by atoms with van der Waals surface area (Å²) in [7, 11) is 0. The zero-order valence-electron chi connectivity index (χ0n) is 13.8. The molecule has 0 aliphatic rings. The molecule has 24 heavy (non-hydrogen) atoms. The Morgan fingerprint density at radius 3 is 2.42 bits per heavy atom. The maximum atomic E-state index is 5.94. The lowest BCUT2D eigenvalue weighted by molar-refractivity contribution is 0.310. The Morgan fingerprint density at radius 1 is 0.917 bits per heavy atom. The highest BCUT2D eigenvalue weighted by Crippen LogP contribution is 2.31. The topological polar surface area (TPSA) is 31.6 Å². The molecule has 0 fully saturated rings. The van der Waals surface area contributed by atoms with Crippen molar-refractivity contribution >= 4 is 22.6 Å². The molecule has 3 rings (SSSR count). The fraction of sp³-hybridized carbons (Fsp3) is 0.300. The van der Waals surface area contributed by atoms with E-state index in [1.165, 1.54) is 0 Å². The molecule has 0 aliphatic carbocycles. The molecule has 1 aromatic heterocycles. The van der Waals surface area contributed by atoms with Crippen LogP contribution in [0, 0.1) is 0 Å². The van der Waals surface area contributed by atoms with Crippen LogP contribution >= 0.6 is 11.6 Å². The van der Waals surface area contributed by atoms with Gasteiger partial charge in [-0.25, -0.2) is 0 Å². The lowest BCUT2D eigenvalue weighted by atomic mass is 10.1. The van der Waals surface area contributed by atoms with Gasteiger partial charge in [0.25, 0.3) is 0 Å². The van der Waals surface area contributed by atoms with Crippen LogP contribution < -0.4 is 9.47 Å². The van der Waals surface area contributed by atoms with Gasteiger partial charge in [-0.05, 0) is 55.0 Å². The molecule has 1 heterocycles. The normalized spacial score (nSPS) is 10.9. The number of hydrogen-bond acceptors (Lipinski definition) is 3. The van der Waals surface area contributed by atoms with Gasteiger partial charge >= 0.3 is 0 Å². The number of benzene rings is 2. The van der Waals surface area contributed by atoms with Crippen molar-refractivity contribution in [3.8, 4) is 22.8 Å². The molecule has 0 spiro atoms. The first-order valence-corrected chi connectivity index (χ1v) is 8.79. The van der Waals surface area contributed by atoms with E-state index in [1.54, 1.807) is 0 Å². The molecule has 0 saturated heterocycles. The van der Waals surface area contributed by atoms with Crippen LogP contribution in [-0.2, 0) is 0 Å². The van der Waals surface area contributed by atoms with Crippen LogP contribution in [0.3, 0.4) is 0 Å². The second-order valence-corrected chi connectivity index (χ2v) is 5.95. The van der Waals surface area contributed by atoms with Crippen LogP contribution in [0.1, 0.15) is 19.8 Å². The Hall–Kier alpha value is -2.13. The molecule has 0 aliphatic heterocycles. The summed E-state index contributed by atoms with van der Waals surface area (Å²) in [6.45, 7) is 3.41. The number of unbranched alkanes of at least 4 members (excludes halogenated alkanes) is 1. The number of ether oxygens (including phenoxy) is 2. The zero-order valence-corrected chi connectivity index (χ0v) is 14.5. The molecule has 0 amide bonds. The summed E-state index contributed by atoms with van der Waals surface area (Å²) in [5, 5.41) is 1.04. The average Bonchev–Trinajstić information content (AvgIpc) is 3.04. The largest absolute Gasteiger partial charge is 0.494 e. The Labute approximate surface area is 147 Å².